The monoisotopic (exact) mass is 505 g/mol. The average molecular weight is 506 g/mol. The maximum absolute atomic E-state index is 11.5. The summed E-state index contributed by atoms with van der Waals surface area (Å²) in [6, 6.07) is 17.6. The minimum absolute atomic E-state index is 0.0875. The number of aromatic nitrogens is 3. The number of anilines is 1. The van der Waals surface area contributed by atoms with E-state index in [1.54, 1.807) is 6.07 Å². The number of imidazole rings is 1. The normalized spacial score (nSPS) is 15.9. The lowest BCUT2D eigenvalue weighted by Crippen LogP contribution is -2.39. The van der Waals surface area contributed by atoms with Crippen LogP contribution in [0.1, 0.15) is 32.8 Å². The van der Waals surface area contributed by atoms with Crippen LogP contribution in [0.5, 0.6) is 11.8 Å². The number of fused-ring (bicyclic) bond motifs is 1. The number of benzene rings is 2. The number of nitrogens with zero attached hydrogens (tertiary/aromatic N) is 3. The lowest BCUT2D eigenvalue weighted by Gasteiger charge is -2.26. The summed E-state index contributed by atoms with van der Waals surface area (Å²) in [5.41, 5.74) is 4.22. The van der Waals surface area contributed by atoms with Gasteiger partial charge in [0.15, 0.2) is 5.65 Å². The van der Waals surface area contributed by atoms with Crippen molar-refractivity contribution < 1.29 is 14.6 Å². The van der Waals surface area contributed by atoms with Gasteiger partial charge in [-0.2, -0.15) is 4.98 Å². The second-order valence-corrected chi connectivity index (χ2v) is 10.0. The molecule has 8 nitrogen and oxygen atoms in total. The van der Waals surface area contributed by atoms with Crippen LogP contribution in [0.15, 0.2) is 54.6 Å². The number of ether oxygens (including phenoxy) is 1. The van der Waals surface area contributed by atoms with Crippen LogP contribution in [-0.4, -0.2) is 45.2 Å². The lowest BCUT2D eigenvalue weighted by molar-refractivity contribution is -0.120. The largest absolute Gasteiger partial charge is 0.426 e. The number of carbonyl (C=O) groups excluding carboxylic acids is 1. The van der Waals surface area contributed by atoms with Gasteiger partial charge in [0.25, 0.3) is 0 Å². The summed E-state index contributed by atoms with van der Waals surface area (Å²) < 4.78 is 5.92. The standard InChI is InChI=1S/C27H28ClN5O3/c1-16(34)32-27(2,3)18-6-10-21(11-7-18)36-26-29-23-14-22(28)24(30-25(23)31-26)17-4-8-19(9-5-17)33-13-12-20(35)15-33/h4-11,14,20,35H,12-13,15H2,1-3H3,(H,32,34)(H,29,30,31). The number of pyridine rings is 1. The van der Waals surface area contributed by atoms with Crippen molar-refractivity contribution >= 4 is 34.4 Å². The van der Waals surface area contributed by atoms with E-state index in [9.17, 15) is 9.90 Å². The van der Waals surface area contributed by atoms with Crippen LogP contribution in [0, 0.1) is 0 Å². The van der Waals surface area contributed by atoms with Crippen molar-refractivity contribution in [3.63, 3.8) is 0 Å². The topological polar surface area (TPSA) is 103 Å². The third-order valence-electron chi connectivity index (χ3n) is 6.35. The number of nitrogens with one attached hydrogen (secondary N) is 2. The van der Waals surface area contributed by atoms with E-state index in [1.807, 2.05) is 62.4 Å². The Balaban J connectivity index is 1.34. The number of amides is 1. The van der Waals surface area contributed by atoms with Gasteiger partial charge in [-0.3, -0.25) is 4.79 Å². The molecule has 0 bridgehead atoms. The molecule has 1 saturated heterocycles. The summed E-state index contributed by atoms with van der Waals surface area (Å²) in [4.78, 5) is 25.9. The Morgan fingerprint density at radius 3 is 2.53 bits per heavy atom. The number of hydrogen-bond acceptors (Lipinski definition) is 6. The lowest BCUT2D eigenvalue weighted by atomic mass is 9.94. The van der Waals surface area contributed by atoms with E-state index in [1.165, 1.54) is 6.92 Å². The summed E-state index contributed by atoms with van der Waals surface area (Å²) in [5, 5.41) is 13.2. The van der Waals surface area contributed by atoms with Crippen LogP contribution in [0.3, 0.4) is 0 Å². The van der Waals surface area contributed by atoms with Gasteiger partial charge in [-0.05, 0) is 56.2 Å². The molecule has 1 amide bonds. The molecule has 186 valence electrons. The molecule has 0 spiro atoms. The van der Waals surface area contributed by atoms with E-state index in [4.69, 9.17) is 16.3 Å². The van der Waals surface area contributed by atoms with Gasteiger partial charge in [-0.1, -0.05) is 35.9 Å². The highest BCUT2D eigenvalue weighted by atomic mass is 35.5. The fourth-order valence-corrected chi connectivity index (χ4v) is 4.78. The molecule has 0 saturated carbocycles. The highest BCUT2D eigenvalue weighted by Gasteiger charge is 2.22. The number of aliphatic hydroxyl groups excluding tert-OH is 1. The molecule has 1 aliphatic heterocycles. The van der Waals surface area contributed by atoms with Crippen LogP contribution >= 0.6 is 11.6 Å². The molecule has 1 unspecified atom stereocenters. The van der Waals surface area contributed by atoms with Crippen molar-refractivity contribution in [1.82, 2.24) is 20.3 Å². The molecule has 4 aromatic rings. The third-order valence-corrected chi connectivity index (χ3v) is 6.64. The Bertz CT molecular complexity index is 1400. The summed E-state index contributed by atoms with van der Waals surface area (Å²) in [5.74, 6) is 0.515. The van der Waals surface area contributed by atoms with E-state index in [0.717, 1.165) is 29.8 Å². The first-order valence-electron chi connectivity index (χ1n) is 11.8. The fraction of sp³-hybridized carbons (Fsp3) is 0.296. The number of aromatic amines is 1. The summed E-state index contributed by atoms with van der Waals surface area (Å²) in [7, 11) is 0. The predicted molar refractivity (Wildman–Crippen MR) is 141 cm³/mol. The molecule has 3 heterocycles. The first-order valence-corrected chi connectivity index (χ1v) is 12.2. The predicted octanol–water partition coefficient (Wildman–Crippen LogP) is 5.01. The quantitative estimate of drug-likeness (QED) is 0.340. The molecule has 0 radical (unpaired) electrons. The van der Waals surface area contributed by atoms with Crippen molar-refractivity contribution in [3.05, 3.63) is 65.2 Å². The Kier molecular flexibility index (Phi) is 6.32. The van der Waals surface area contributed by atoms with Gasteiger partial charge in [-0.25, -0.2) is 4.98 Å². The van der Waals surface area contributed by atoms with E-state index in [0.29, 0.717) is 40.2 Å². The Labute approximate surface area is 214 Å². The molecule has 1 aliphatic rings. The van der Waals surface area contributed by atoms with E-state index < -0.39 is 5.54 Å². The summed E-state index contributed by atoms with van der Waals surface area (Å²) >= 11 is 6.56. The summed E-state index contributed by atoms with van der Waals surface area (Å²) in [6.45, 7) is 6.89. The van der Waals surface area contributed by atoms with E-state index in [-0.39, 0.29) is 12.0 Å². The molecule has 2 aromatic carbocycles. The van der Waals surface area contributed by atoms with Gasteiger partial charge in [0.2, 0.25) is 5.91 Å². The first kappa shape index (κ1) is 24.1. The zero-order valence-corrected chi connectivity index (χ0v) is 21.1. The van der Waals surface area contributed by atoms with Crippen LogP contribution in [0.2, 0.25) is 5.02 Å². The molecular formula is C27H28ClN5O3. The van der Waals surface area contributed by atoms with Gasteiger partial charge < -0.3 is 25.0 Å². The SMILES string of the molecule is CC(=O)NC(C)(C)c1ccc(Oc2nc3nc(-c4ccc(N5CCC(O)C5)cc4)c(Cl)cc3[nH]2)cc1. The highest BCUT2D eigenvalue weighted by Crippen LogP contribution is 2.32. The van der Waals surface area contributed by atoms with Crippen molar-refractivity contribution in [2.24, 2.45) is 0 Å². The number of aliphatic hydroxyl groups is 1. The number of carbonyl (C=O) groups is 1. The van der Waals surface area contributed by atoms with Gasteiger partial charge in [0.1, 0.15) is 5.75 Å². The molecule has 9 heteroatoms. The number of β-amino-alcohol motifs (C(OH)–C–C–N with tert-alkyl or cyclic N) is 1. The Morgan fingerprint density at radius 1 is 1.17 bits per heavy atom. The van der Waals surface area contributed by atoms with Crippen LogP contribution in [0.4, 0.5) is 5.69 Å². The highest BCUT2D eigenvalue weighted by molar-refractivity contribution is 6.33. The maximum atomic E-state index is 11.5. The molecule has 5 rings (SSSR count). The van der Waals surface area contributed by atoms with Crippen LogP contribution < -0.4 is 15.0 Å². The minimum Gasteiger partial charge on any atom is -0.426 e. The van der Waals surface area contributed by atoms with Gasteiger partial charge in [0.05, 0.1) is 27.9 Å². The third kappa shape index (κ3) is 5.01. The van der Waals surface area contributed by atoms with Gasteiger partial charge >= 0.3 is 6.01 Å². The van der Waals surface area contributed by atoms with Crippen molar-refractivity contribution in [3.8, 4) is 23.0 Å². The Hall–Kier alpha value is -3.62. The molecule has 1 atom stereocenters. The fourth-order valence-electron chi connectivity index (χ4n) is 4.52. The number of H-pyrrole nitrogens is 1. The van der Waals surface area contributed by atoms with Gasteiger partial charge in [-0.15, -0.1) is 0 Å². The number of hydrogen-bond donors (Lipinski definition) is 3. The second kappa shape index (κ2) is 9.44. The van der Waals surface area contributed by atoms with Crippen LogP contribution in [0.25, 0.3) is 22.4 Å². The van der Waals surface area contributed by atoms with Gasteiger partial charge in [0, 0.05) is 31.3 Å². The number of rotatable bonds is 6. The molecular weight excluding hydrogens is 478 g/mol. The first-order chi connectivity index (χ1) is 17.2. The zero-order chi connectivity index (χ0) is 25.4. The Morgan fingerprint density at radius 2 is 1.89 bits per heavy atom. The average Bonchev–Trinajstić information content (AvgIpc) is 3.43. The maximum Gasteiger partial charge on any atom is 0.301 e. The molecule has 2 aromatic heterocycles. The molecule has 3 N–H and O–H groups in total. The van der Waals surface area contributed by atoms with Crippen molar-refractivity contribution in [2.75, 3.05) is 18.0 Å². The molecule has 36 heavy (non-hydrogen) atoms. The minimum atomic E-state index is -0.491. The van der Waals surface area contributed by atoms with E-state index in [2.05, 4.69) is 25.2 Å². The zero-order valence-electron chi connectivity index (χ0n) is 20.4. The molecule has 1 fully saturated rings. The van der Waals surface area contributed by atoms with Crippen LogP contribution in [-0.2, 0) is 10.3 Å². The van der Waals surface area contributed by atoms with Crippen molar-refractivity contribution in [1.29, 1.82) is 0 Å². The van der Waals surface area contributed by atoms with Crippen molar-refractivity contribution in [2.45, 2.75) is 38.8 Å². The smallest absolute Gasteiger partial charge is 0.301 e. The van der Waals surface area contributed by atoms with E-state index >= 15 is 0 Å². The molecule has 0 aliphatic carbocycles. The number of halogens is 1. The second-order valence-electron chi connectivity index (χ2n) is 9.60. The summed E-state index contributed by atoms with van der Waals surface area (Å²) in [6.07, 6.45) is 0.516.